The Morgan fingerprint density at radius 1 is 1.18 bits per heavy atom. The summed E-state index contributed by atoms with van der Waals surface area (Å²) in [4.78, 5) is 17.6. The fourth-order valence-electron chi connectivity index (χ4n) is 4.54. The molecule has 0 spiro atoms. The molecule has 1 N–H and O–H groups in total. The molecule has 4 rings (SSSR count). The molecule has 2 saturated heterocycles. The second-order valence-corrected chi connectivity index (χ2v) is 11.4. The molecule has 0 unspecified atom stereocenters. The minimum absolute atomic E-state index is 0.0562. The zero-order chi connectivity index (χ0) is 23.6. The van der Waals surface area contributed by atoms with E-state index in [4.69, 9.17) is 0 Å². The van der Waals surface area contributed by atoms with E-state index in [-0.39, 0.29) is 29.3 Å². The smallest absolute Gasteiger partial charge is 0.243 e. The van der Waals surface area contributed by atoms with E-state index in [1.54, 1.807) is 22.9 Å². The average molecular weight is 478 g/mol. The van der Waals surface area contributed by atoms with Crippen LogP contribution in [-0.2, 0) is 14.8 Å². The number of rotatable bonds is 7. The number of benzene rings is 1. The molecule has 0 bridgehead atoms. The quantitative estimate of drug-likeness (QED) is 0.628. The summed E-state index contributed by atoms with van der Waals surface area (Å²) in [5, 5.41) is 11.3. The molecule has 2 aromatic rings. The highest BCUT2D eigenvalue weighted by atomic mass is 32.2. The van der Waals surface area contributed by atoms with Gasteiger partial charge in [-0.15, -0.1) is 5.10 Å². The lowest BCUT2D eigenvalue weighted by molar-refractivity contribution is -0.126. The fourth-order valence-corrected chi connectivity index (χ4v) is 6.08. The van der Waals surface area contributed by atoms with Crippen LogP contribution in [0.1, 0.15) is 32.7 Å². The number of hydrogen-bond acceptors (Lipinski definition) is 7. The molecule has 3 heterocycles. The number of piperidine rings is 1. The first-order chi connectivity index (χ1) is 15.8. The second kappa shape index (κ2) is 10.0. The predicted octanol–water partition coefficient (Wildman–Crippen LogP) is 0.777. The Labute approximate surface area is 195 Å². The number of likely N-dealkylation sites (N-methyl/N-ethyl adjacent to an activating group) is 1. The standard InChI is InChI=1S/C22H35N7O3S/c1-17(2)29-21-7-6-19(15-20(21)24-25-29)33(31,32)28-9-4-5-18(16-28)22(30)23-8-10-27-13-11-26(3)12-14-27/h6-7,15,17-18H,4-5,8-14,16H2,1-3H3,(H,23,30)/t18-/m0/s1. The van der Waals surface area contributed by atoms with Gasteiger partial charge in [0.05, 0.1) is 16.3 Å². The van der Waals surface area contributed by atoms with Crippen molar-refractivity contribution in [3.05, 3.63) is 18.2 Å². The minimum atomic E-state index is -3.71. The number of sulfonamides is 1. The minimum Gasteiger partial charge on any atom is -0.355 e. The topological polar surface area (TPSA) is 104 Å². The van der Waals surface area contributed by atoms with Crippen molar-refractivity contribution in [2.45, 2.75) is 37.6 Å². The maximum Gasteiger partial charge on any atom is 0.243 e. The van der Waals surface area contributed by atoms with Crippen molar-refractivity contribution in [1.82, 2.24) is 34.4 Å². The van der Waals surface area contributed by atoms with Gasteiger partial charge in [0, 0.05) is 58.4 Å². The van der Waals surface area contributed by atoms with E-state index in [9.17, 15) is 13.2 Å². The first kappa shape index (κ1) is 24.1. The number of fused-ring (bicyclic) bond motifs is 1. The van der Waals surface area contributed by atoms with E-state index in [2.05, 4.69) is 32.5 Å². The zero-order valence-electron chi connectivity index (χ0n) is 19.8. The Morgan fingerprint density at radius 3 is 2.67 bits per heavy atom. The van der Waals surface area contributed by atoms with Crippen LogP contribution in [0.2, 0.25) is 0 Å². The van der Waals surface area contributed by atoms with Gasteiger partial charge in [-0.3, -0.25) is 9.69 Å². The highest BCUT2D eigenvalue weighted by molar-refractivity contribution is 7.89. The van der Waals surface area contributed by atoms with Crippen LogP contribution in [0.5, 0.6) is 0 Å². The lowest BCUT2D eigenvalue weighted by atomic mass is 9.99. The van der Waals surface area contributed by atoms with Gasteiger partial charge < -0.3 is 10.2 Å². The molecule has 1 aromatic heterocycles. The van der Waals surface area contributed by atoms with Crippen LogP contribution in [0.25, 0.3) is 11.0 Å². The largest absolute Gasteiger partial charge is 0.355 e. The van der Waals surface area contributed by atoms with Crippen LogP contribution in [0.15, 0.2) is 23.1 Å². The lowest BCUT2D eigenvalue weighted by Gasteiger charge is -2.33. The first-order valence-electron chi connectivity index (χ1n) is 11.8. The molecule has 10 nitrogen and oxygen atoms in total. The summed E-state index contributed by atoms with van der Waals surface area (Å²) in [6, 6.07) is 5.08. The Kier molecular flexibility index (Phi) is 7.32. The summed E-state index contributed by atoms with van der Waals surface area (Å²) in [7, 11) is -1.59. The molecule has 33 heavy (non-hydrogen) atoms. The maximum absolute atomic E-state index is 13.3. The molecule has 1 amide bonds. The molecule has 1 aromatic carbocycles. The monoisotopic (exact) mass is 477 g/mol. The van der Waals surface area contributed by atoms with Gasteiger partial charge in [0.15, 0.2) is 0 Å². The molecule has 2 aliphatic rings. The molecule has 0 radical (unpaired) electrons. The van der Waals surface area contributed by atoms with Gasteiger partial charge >= 0.3 is 0 Å². The summed E-state index contributed by atoms with van der Waals surface area (Å²) < 4.78 is 29.8. The number of carbonyl (C=O) groups excluding carboxylic acids is 1. The van der Waals surface area contributed by atoms with E-state index < -0.39 is 10.0 Å². The number of nitrogens with one attached hydrogen (secondary N) is 1. The Hall–Kier alpha value is -2.08. The summed E-state index contributed by atoms with van der Waals surface area (Å²) in [6.07, 6.45) is 1.37. The van der Waals surface area contributed by atoms with Gasteiger partial charge in [-0.2, -0.15) is 4.31 Å². The Bertz CT molecular complexity index is 1080. The molecule has 2 fully saturated rings. The van der Waals surface area contributed by atoms with E-state index in [1.165, 1.54) is 4.31 Å². The third kappa shape index (κ3) is 5.37. The molecule has 0 aliphatic carbocycles. The van der Waals surface area contributed by atoms with Crippen LogP contribution in [0.3, 0.4) is 0 Å². The normalized spacial score (nSPS) is 21.6. The molecular weight excluding hydrogens is 442 g/mol. The van der Waals surface area contributed by atoms with Crippen molar-refractivity contribution >= 4 is 27.0 Å². The highest BCUT2D eigenvalue weighted by Gasteiger charge is 2.33. The number of carbonyl (C=O) groups is 1. The van der Waals surface area contributed by atoms with E-state index >= 15 is 0 Å². The fraction of sp³-hybridized carbons (Fsp3) is 0.682. The average Bonchev–Trinajstić information content (AvgIpc) is 3.24. The molecular formula is C22H35N7O3S. The zero-order valence-corrected chi connectivity index (χ0v) is 20.6. The second-order valence-electron chi connectivity index (χ2n) is 9.42. The third-order valence-corrected chi connectivity index (χ3v) is 8.51. The van der Waals surface area contributed by atoms with E-state index in [0.29, 0.717) is 31.4 Å². The van der Waals surface area contributed by atoms with Crippen molar-refractivity contribution in [2.75, 3.05) is 59.4 Å². The van der Waals surface area contributed by atoms with Gasteiger partial charge in [-0.1, -0.05) is 5.21 Å². The van der Waals surface area contributed by atoms with Crippen molar-refractivity contribution in [2.24, 2.45) is 5.92 Å². The summed E-state index contributed by atoms with van der Waals surface area (Å²) >= 11 is 0. The van der Waals surface area contributed by atoms with Gasteiger partial charge in [-0.05, 0) is 51.9 Å². The molecule has 2 aliphatic heterocycles. The number of nitrogens with zero attached hydrogens (tertiary/aromatic N) is 6. The number of piperazine rings is 1. The van der Waals surface area contributed by atoms with Gasteiger partial charge in [-0.25, -0.2) is 13.1 Å². The van der Waals surface area contributed by atoms with Crippen molar-refractivity contribution in [3.8, 4) is 0 Å². The Balaban J connectivity index is 1.37. The van der Waals surface area contributed by atoms with E-state index in [1.807, 2.05) is 13.8 Å². The van der Waals surface area contributed by atoms with E-state index in [0.717, 1.165) is 38.2 Å². The molecule has 0 saturated carbocycles. The van der Waals surface area contributed by atoms with Crippen LogP contribution in [0.4, 0.5) is 0 Å². The van der Waals surface area contributed by atoms with Gasteiger partial charge in [0.2, 0.25) is 15.9 Å². The SMILES string of the molecule is CC(C)n1nnc2cc(S(=O)(=O)N3CCC[C@H](C(=O)NCCN4CCN(C)CC4)C3)ccc21. The number of hydrogen-bond donors (Lipinski definition) is 1. The van der Waals surface area contributed by atoms with Gasteiger partial charge in [0.25, 0.3) is 0 Å². The molecule has 11 heteroatoms. The Morgan fingerprint density at radius 2 is 1.94 bits per heavy atom. The van der Waals surface area contributed by atoms with Gasteiger partial charge in [0.1, 0.15) is 5.52 Å². The van der Waals surface area contributed by atoms with Crippen LogP contribution in [-0.4, -0.2) is 103 Å². The first-order valence-corrected chi connectivity index (χ1v) is 13.2. The number of amides is 1. The number of aromatic nitrogens is 3. The van der Waals surface area contributed by atoms with Crippen molar-refractivity contribution in [3.63, 3.8) is 0 Å². The van der Waals surface area contributed by atoms with Crippen molar-refractivity contribution < 1.29 is 13.2 Å². The van der Waals surface area contributed by atoms with Crippen LogP contribution < -0.4 is 5.32 Å². The predicted molar refractivity (Wildman–Crippen MR) is 126 cm³/mol. The summed E-state index contributed by atoms with van der Waals surface area (Å²) in [6.45, 7) is 10.2. The lowest BCUT2D eigenvalue weighted by Crippen LogP contribution is -2.49. The molecule has 182 valence electrons. The highest BCUT2D eigenvalue weighted by Crippen LogP contribution is 2.26. The molecule has 1 atom stereocenters. The maximum atomic E-state index is 13.3. The van der Waals surface area contributed by atoms with Crippen molar-refractivity contribution in [1.29, 1.82) is 0 Å². The van der Waals surface area contributed by atoms with Crippen LogP contribution in [0, 0.1) is 5.92 Å². The third-order valence-electron chi connectivity index (χ3n) is 6.65. The van der Waals surface area contributed by atoms with Crippen LogP contribution >= 0.6 is 0 Å². The summed E-state index contributed by atoms with van der Waals surface area (Å²) in [5.74, 6) is -0.383. The summed E-state index contributed by atoms with van der Waals surface area (Å²) in [5.41, 5.74) is 1.36.